The van der Waals surface area contributed by atoms with Crippen LogP contribution < -0.4 is 0 Å². The van der Waals surface area contributed by atoms with Gasteiger partial charge in [-0.1, -0.05) is 46.3 Å². The van der Waals surface area contributed by atoms with Gasteiger partial charge in [-0.25, -0.2) is 0 Å². The number of allylic oxidation sites excluding steroid dienone is 1. The van der Waals surface area contributed by atoms with Gasteiger partial charge in [-0.05, 0) is 125 Å². The molecular formula is C29H52O2. The lowest BCUT2D eigenvalue weighted by atomic mass is 9.48. The first-order chi connectivity index (χ1) is 14.5. The first kappa shape index (κ1) is 25.3. The average Bonchev–Trinajstić information content (AvgIpc) is 2.98. The minimum atomic E-state index is -0.534. The lowest BCUT2D eigenvalue weighted by Crippen LogP contribution is -2.49. The third-order valence-electron chi connectivity index (χ3n) is 10.3. The lowest BCUT2D eigenvalue weighted by Gasteiger charge is -2.57. The Morgan fingerprint density at radius 1 is 1.06 bits per heavy atom. The largest absolute Gasteiger partial charge is 0.393 e. The summed E-state index contributed by atoms with van der Waals surface area (Å²) in [6.45, 7) is 15.6. The normalized spacial score (nSPS) is 43.4. The second-order valence-electron chi connectivity index (χ2n) is 12.6. The average molecular weight is 433 g/mol. The van der Waals surface area contributed by atoms with Gasteiger partial charge in [0.1, 0.15) is 0 Å². The van der Waals surface area contributed by atoms with E-state index in [1.807, 2.05) is 27.7 Å². The summed E-state index contributed by atoms with van der Waals surface area (Å²) in [5.74, 6) is 4.09. The summed E-state index contributed by atoms with van der Waals surface area (Å²) in [7, 11) is 0. The van der Waals surface area contributed by atoms with Crippen molar-refractivity contribution in [2.24, 2.45) is 40.4 Å². The standard InChI is InChI=1S/C27H46O2.C2H6/c1-18(12-15-25(2,3)29)22-10-11-23-21-9-8-19-17-20(28)7-6-14-26(19,4)24(21)13-16-27(22,23)5;1-2/h8,18,20-24,28-29H,6-7,9-17H2,1-5H3;1-2H3/t18-,20?,21?,22?,23?,24?,26?,27?;/m1./s1. The summed E-state index contributed by atoms with van der Waals surface area (Å²) in [6, 6.07) is 0. The van der Waals surface area contributed by atoms with Crippen LogP contribution in [0, 0.1) is 40.4 Å². The highest BCUT2D eigenvalue weighted by molar-refractivity contribution is 5.24. The van der Waals surface area contributed by atoms with Crippen LogP contribution in [0.2, 0.25) is 0 Å². The molecule has 4 aliphatic carbocycles. The summed E-state index contributed by atoms with van der Waals surface area (Å²) in [5, 5.41) is 20.6. The predicted octanol–water partition coefficient (Wildman–Crippen LogP) is 7.53. The zero-order chi connectivity index (χ0) is 23.0. The van der Waals surface area contributed by atoms with Gasteiger partial charge in [-0.2, -0.15) is 0 Å². The summed E-state index contributed by atoms with van der Waals surface area (Å²) < 4.78 is 0. The molecule has 7 unspecified atom stereocenters. The summed E-state index contributed by atoms with van der Waals surface area (Å²) >= 11 is 0. The minimum Gasteiger partial charge on any atom is -0.393 e. The van der Waals surface area contributed by atoms with E-state index in [0.29, 0.717) is 16.7 Å². The van der Waals surface area contributed by atoms with Crippen molar-refractivity contribution in [3.63, 3.8) is 0 Å². The van der Waals surface area contributed by atoms with Crippen molar-refractivity contribution in [2.75, 3.05) is 0 Å². The first-order valence-corrected chi connectivity index (χ1v) is 13.6. The number of aliphatic hydroxyl groups is 2. The van der Waals surface area contributed by atoms with Gasteiger partial charge in [-0.3, -0.25) is 0 Å². The molecule has 0 saturated heterocycles. The van der Waals surface area contributed by atoms with Crippen LogP contribution in [0.25, 0.3) is 0 Å². The molecule has 4 aliphatic rings. The maximum atomic E-state index is 10.4. The van der Waals surface area contributed by atoms with E-state index in [4.69, 9.17) is 0 Å². The predicted molar refractivity (Wildman–Crippen MR) is 132 cm³/mol. The Kier molecular flexibility index (Phi) is 7.74. The fourth-order valence-corrected chi connectivity index (χ4v) is 8.64. The van der Waals surface area contributed by atoms with E-state index in [9.17, 15) is 10.2 Å². The van der Waals surface area contributed by atoms with Gasteiger partial charge in [0.05, 0.1) is 11.7 Å². The van der Waals surface area contributed by atoms with Crippen molar-refractivity contribution in [1.82, 2.24) is 0 Å². The topological polar surface area (TPSA) is 40.5 Å². The van der Waals surface area contributed by atoms with Crippen LogP contribution in [0.15, 0.2) is 11.6 Å². The van der Waals surface area contributed by atoms with Crippen LogP contribution in [0.1, 0.15) is 119 Å². The maximum Gasteiger partial charge on any atom is 0.0591 e. The van der Waals surface area contributed by atoms with Crippen LogP contribution >= 0.6 is 0 Å². The van der Waals surface area contributed by atoms with E-state index < -0.39 is 5.60 Å². The molecule has 0 heterocycles. The molecule has 0 spiro atoms. The van der Waals surface area contributed by atoms with Crippen molar-refractivity contribution in [3.8, 4) is 0 Å². The molecule has 0 aromatic carbocycles. The highest BCUT2D eigenvalue weighted by Crippen LogP contribution is 2.67. The molecule has 0 amide bonds. The summed E-state index contributed by atoms with van der Waals surface area (Å²) in [6.07, 6.45) is 15.8. The van der Waals surface area contributed by atoms with E-state index in [1.54, 1.807) is 5.57 Å². The minimum absolute atomic E-state index is 0.110. The van der Waals surface area contributed by atoms with Crippen LogP contribution in [0.3, 0.4) is 0 Å². The number of rotatable bonds is 4. The van der Waals surface area contributed by atoms with Gasteiger partial charge in [0.15, 0.2) is 0 Å². The Morgan fingerprint density at radius 2 is 1.77 bits per heavy atom. The zero-order valence-corrected chi connectivity index (χ0v) is 21.7. The summed E-state index contributed by atoms with van der Waals surface area (Å²) in [5.41, 5.74) is 1.90. The third-order valence-corrected chi connectivity index (χ3v) is 10.3. The Hall–Kier alpha value is -0.340. The monoisotopic (exact) mass is 432 g/mol. The molecule has 4 rings (SSSR count). The Bertz CT molecular complexity index is 631. The molecule has 3 fully saturated rings. The lowest BCUT2D eigenvalue weighted by molar-refractivity contribution is -0.0479. The van der Waals surface area contributed by atoms with E-state index >= 15 is 0 Å². The molecule has 0 aliphatic heterocycles. The fraction of sp³-hybridized carbons (Fsp3) is 0.931. The molecule has 2 nitrogen and oxygen atoms in total. The Labute approximate surface area is 193 Å². The van der Waals surface area contributed by atoms with Crippen LogP contribution in [-0.2, 0) is 0 Å². The van der Waals surface area contributed by atoms with Gasteiger partial charge < -0.3 is 10.2 Å². The smallest absolute Gasteiger partial charge is 0.0591 e. The molecule has 3 saturated carbocycles. The van der Waals surface area contributed by atoms with Crippen molar-refractivity contribution in [2.45, 2.75) is 131 Å². The molecule has 0 radical (unpaired) electrons. The van der Waals surface area contributed by atoms with E-state index in [-0.39, 0.29) is 6.10 Å². The third kappa shape index (κ3) is 4.81. The second-order valence-corrected chi connectivity index (χ2v) is 12.6. The van der Waals surface area contributed by atoms with Gasteiger partial charge in [0.2, 0.25) is 0 Å². The Balaban J connectivity index is 0.00000132. The molecule has 2 heteroatoms. The van der Waals surface area contributed by atoms with E-state index in [1.165, 1.54) is 44.9 Å². The second kappa shape index (κ2) is 9.49. The van der Waals surface area contributed by atoms with Crippen LogP contribution in [0.4, 0.5) is 0 Å². The highest BCUT2D eigenvalue weighted by Gasteiger charge is 2.58. The molecular weight excluding hydrogens is 380 g/mol. The van der Waals surface area contributed by atoms with E-state index in [0.717, 1.165) is 49.4 Å². The molecule has 31 heavy (non-hydrogen) atoms. The van der Waals surface area contributed by atoms with Gasteiger partial charge in [0.25, 0.3) is 0 Å². The number of fused-ring (bicyclic) bond motifs is 5. The molecule has 2 N–H and O–H groups in total. The van der Waals surface area contributed by atoms with E-state index in [2.05, 4.69) is 26.8 Å². The fourth-order valence-electron chi connectivity index (χ4n) is 8.64. The molecule has 0 aromatic heterocycles. The first-order valence-electron chi connectivity index (χ1n) is 13.6. The van der Waals surface area contributed by atoms with Gasteiger partial charge in [0, 0.05) is 0 Å². The quantitative estimate of drug-likeness (QED) is 0.451. The summed E-state index contributed by atoms with van der Waals surface area (Å²) in [4.78, 5) is 0. The number of hydrogen-bond acceptors (Lipinski definition) is 2. The molecule has 0 bridgehead atoms. The van der Waals surface area contributed by atoms with Crippen molar-refractivity contribution >= 4 is 0 Å². The highest BCUT2D eigenvalue weighted by atomic mass is 16.3. The molecule has 180 valence electrons. The van der Waals surface area contributed by atoms with Crippen LogP contribution in [0.5, 0.6) is 0 Å². The van der Waals surface area contributed by atoms with Gasteiger partial charge >= 0.3 is 0 Å². The van der Waals surface area contributed by atoms with Gasteiger partial charge in [-0.15, -0.1) is 0 Å². The number of aliphatic hydroxyl groups excluding tert-OH is 1. The van der Waals surface area contributed by atoms with Crippen molar-refractivity contribution in [3.05, 3.63) is 11.6 Å². The SMILES string of the molecule is CC.C[C@H](CCC(C)(C)O)C1CCC2C3CC=C4CC(O)CCCC4(C)C3CCC21C. The Morgan fingerprint density at radius 3 is 2.45 bits per heavy atom. The maximum absolute atomic E-state index is 10.4. The zero-order valence-electron chi connectivity index (χ0n) is 21.7. The number of hydrogen-bond donors (Lipinski definition) is 2. The molecule has 0 aromatic rings. The van der Waals surface area contributed by atoms with Crippen molar-refractivity contribution < 1.29 is 10.2 Å². The van der Waals surface area contributed by atoms with Crippen molar-refractivity contribution in [1.29, 1.82) is 0 Å². The molecule has 8 atom stereocenters. The van der Waals surface area contributed by atoms with Crippen LogP contribution in [-0.4, -0.2) is 21.9 Å².